The van der Waals surface area contributed by atoms with E-state index in [1.54, 1.807) is 26.8 Å². The fraction of sp³-hybridized carbons (Fsp3) is 0.286. The molecule has 0 spiro atoms. The van der Waals surface area contributed by atoms with Gasteiger partial charge in [-0.1, -0.05) is 12.1 Å². The molecule has 29 heavy (non-hydrogen) atoms. The Hall–Kier alpha value is -3.34. The zero-order valence-electron chi connectivity index (χ0n) is 16.2. The van der Waals surface area contributed by atoms with Crippen LogP contribution in [0.2, 0.25) is 0 Å². The molecule has 0 aliphatic carbocycles. The van der Waals surface area contributed by atoms with Crippen LogP contribution >= 0.6 is 0 Å². The Labute approximate surface area is 165 Å². The van der Waals surface area contributed by atoms with E-state index in [-0.39, 0.29) is 17.6 Å². The molecule has 2 N–H and O–H groups in total. The summed E-state index contributed by atoms with van der Waals surface area (Å²) in [7, 11) is 0. The van der Waals surface area contributed by atoms with Gasteiger partial charge in [-0.3, -0.25) is 4.79 Å². The molecule has 3 rings (SSSR count). The summed E-state index contributed by atoms with van der Waals surface area (Å²) < 4.78 is 43.3. The van der Waals surface area contributed by atoms with Crippen LogP contribution in [0.25, 0.3) is 11.0 Å². The molecule has 3 aromatic rings. The highest BCUT2D eigenvalue weighted by Crippen LogP contribution is 2.27. The van der Waals surface area contributed by atoms with Gasteiger partial charge in [-0.05, 0) is 44.5 Å². The van der Waals surface area contributed by atoms with E-state index in [2.05, 4.69) is 16.4 Å². The average molecular weight is 401 g/mol. The molecule has 1 amide bonds. The van der Waals surface area contributed by atoms with Gasteiger partial charge in [0.2, 0.25) is 17.7 Å². The highest BCUT2D eigenvalue weighted by atomic mass is 19.2. The molecule has 2 aromatic carbocycles. The molecule has 0 saturated heterocycles. The van der Waals surface area contributed by atoms with Crippen molar-refractivity contribution in [2.24, 2.45) is 0 Å². The topological polar surface area (TPSA) is 72.6 Å². The number of aromatic amines is 1. The molecular weight excluding hydrogens is 381 g/mol. The number of imidazole rings is 1. The summed E-state index contributed by atoms with van der Waals surface area (Å²) in [6.45, 7) is 4.68. The summed E-state index contributed by atoms with van der Waals surface area (Å²) in [6, 6.07) is 8.39. The van der Waals surface area contributed by atoms with Crippen molar-refractivity contribution in [3.63, 3.8) is 0 Å². The predicted molar refractivity (Wildman–Crippen MR) is 100 cm³/mol. The van der Waals surface area contributed by atoms with Crippen LogP contribution in [0.1, 0.15) is 37.9 Å². The second-order valence-corrected chi connectivity index (χ2v) is 7.42. The van der Waals surface area contributed by atoms with Crippen LogP contribution in [0.3, 0.4) is 0 Å². The number of nitrogens with one attached hydrogen (secondary N) is 2. The number of halogens is 3. The number of fused-ring (bicyclic) bond motifs is 1. The van der Waals surface area contributed by atoms with Crippen molar-refractivity contribution in [1.29, 1.82) is 5.26 Å². The Morgan fingerprint density at radius 2 is 1.97 bits per heavy atom. The lowest BCUT2D eigenvalue weighted by molar-refractivity contribution is -0.659. The smallest absolute Gasteiger partial charge is 0.262 e. The van der Waals surface area contributed by atoms with Crippen molar-refractivity contribution in [1.82, 2.24) is 10.3 Å². The fourth-order valence-corrected chi connectivity index (χ4v) is 3.17. The first-order chi connectivity index (χ1) is 13.6. The van der Waals surface area contributed by atoms with Gasteiger partial charge < -0.3 is 5.32 Å². The van der Waals surface area contributed by atoms with Crippen LogP contribution in [0, 0.1) is 28.8 Å². The number of hydrogen-bond acceptors (Lipinski definition) is 2. The number of nitriles is 1. The number of carbonyl (C=O) groups is 1. The number of benzene rings is 2. The molecule has 0 aliphatic heterocycles. The maximum atomic E-state index is 14.4. The van der Waals surface area contributed by atoms with Crippen LogP contribution in [-0.4, -0.2) is 10.9 Å². The third-order valence-electron chi connectivity index (χ3n) is 4.87. The number of amides is 1. The van der Waals surface area contributed by atoms with Crippen LogP contribution in [0.4, 0.5) is 13.2 Å². The summed E-state index contributed by atoms with van der Waals surface area (Å²) in [4.78, 5) is 15.2. The minimum atomic E-state index is -1.04. The normalized spacial score (nSPS) is 12.6. The van der Waals surface area contributed by atoms with E-state index >= 15 is 0 Å². The molecule has 1 atom stereocenters. The minimum absolute atomic E-state index is 0.0399. The number of rotatable bonds is 5. The van der Waals surface area contributed by atoms with Gasteiger partial charge in [-0.15, -0.1) is 0 Å². The molecule has 150 valence electrons. The van der Waals surface area contributed by atoms with Crippen LogP contribution in [0.5, 0.6) is 0 Å². The highest BCUT2D eigenvalue weighted by molar-refractivity contribution is 5.76. The van der Waals surface area contributed by atoms with E-state index in [9.17, 15) is 23.2 Å². The lowest BCUT2D eigenvalue weighted by atomic mass is 9.85. The number of nitrogens with zero attached hydrogens (tertiary/aromatic N) is 2. The van der Waals surface area contributed by atoms with Gasteiger partial charge in [0.25, 0.3) is 5.91 Å². The number of H-pyrrole nitrogens is 1. The Bertz CT molecular complexity index is 1130. The zero-order chi connectivity index (χ0) is 21.3. The van der Waals surface area contributed by atoms with Crippen molar-refractivity contribution in [3.8, 4) is 6.07 Å². The molecule has 0 radical (unpaired) electrons. The van der Waals surface area contributed by atoms with Gasteiger partial charge in [-0.2, -0.15) is 9.65 Å². The Morgan fingerprint density at radius 1 is 1.24 bits per heavy atom. The summed E-state index contributed by atoms with van der Waals surface area (Å²) in [6.07, 6.45) is 1.38. The molecule has 5 nitrogen and oxygen atoms in total. The first kappa shape index (κ1) is 20.4. The molecule has 1 unspecified atom stereocenters. The standard InChI is InChI=1S/C21H19F3N4O/c1-12(13-4-5-14(16(23)8-13)21(2,3)10-25)27-18(29)9-28-11-26-17-7-6-15(22)19(24)20(17)28/h4-8,11-12H,9H2,1-3H3,(H,27,29)/p+1. The van der Waals surface area contributed by atoms with Crippen molar-refractivity contribution in [2.45, 2.75) is 38.8 Å². The Balaban J connectivity index is 1.76. The molecule has 1 aromatic heterocycles. The maximum absolute atomic E-state index is 14.4. The second kappa shape index (κ2) is 7.59. The van der Waals surface area contributed by atoms with E-state index in [1.807, 2.05) is 0 Å². The maximum Gasteiger partial charge on any atom is 0.262 e. The summed E-state index contributed by atoms with van der Waals surface area (Å²) in [5.41, 5.74) is 0.147. The van der Waals surface area contributed by atoms with E-state index < -0.39 is 34.8 Å². The number of aromatic nitrogens is 2. The molecular formula is C21H20F3N4O+. The van der Waals surface area contributed by atoms with Crippen LogP contribution in [-0.2, 0) is 16.8 Å². The van der Waals surface area contributed by atoms with Gasteiger partial charge >= 0.3 is 0 Å². The molecule has 0 saturated carbocycles. The summed E-state index contributed by atoms with van der Waals surface area (Å²) in [5.74, 6) is -3.02. The fourth-order valence-electron chi connectivity index (χ4n) is 3.17. The van der Waals surface area contributed by atoms with E-state index in [1.165, 1.54) is 29.1 Å². The Morgan fingerprint density at radius 3 is 2.62 bits per heavy atom. The summed E-state index contributed by atoms with van der Waals surface area (Å²) >= 11 is 0. The quantitative estimate of drug-likeness (QED) is 0.642. The van der Waals surface area contributed by atoms with E-state index in [0.717, 1.165) is 6.07 Å². The van der Waals surface area contributed by atoms with Crippen molar-refractivity contribution in [2.75, 3.05) is 0 Å². The predicted octanol–water partition coefficient (Wildman–Crippen LogP) is 3.55. The van der Waals surface area contributed by atoms with Crippen LogP contribution < -0.4 is 9.88 Å². The first-order valence-corrected chi connectivity index (χ1v) is 8.99. The zero-order valence-corrected chi connectivity index (χ0v) is 16.2. The molecule has 8 heteroatoms. The third-order valence-corrected chi connectivity index (χ3v) is 4.87. The van der Waals surface area contributed by atoms with Crippen molar-refractivity contribution >= 4 is 16.9 Å². The molecule has 0 bridgehead atoms. The van der Waals surface area contributed by atoms with Gasteiger partial charge in [0.1, 0.15) is 5.82 Å². The van der Waals surface area contributed by atoms with E-state index in [0.29, 0.717) is 11.1 Å². The van der Waals surface area contributed by atoms with Gasteiger partial charge in [0.05, 0.1) is 17.5 Å². The van der Waals surface area contributed by atoms with Gasteiger partial charge in [-0.25, -0.2) is 18.3 Å². The van der Waals surface area contributed by atoms with Gasteiger partial charge in [0.15, 0.2) is 17.9 Å². The number of hydrogen-bond donors (Lipinski definition) is 2. The lowest BCUT2D eigenvalue weighted by Crippen LogP contribution is -2.43. The average Bonchev–Trinajstić information content (AvgIpc) is 3.07. The van der Waals surface area contributed by atoms with Crippen LogP contribution in [0.15, 0.2) is 36.7 Å². The SMILES string of the molecule is CC(NC(=O)C[n+]1c[nH]c2ccc(F)c(F)c21)c1ccc(C(C)(C)C#N)c(F)c1. The minimum Gasteiger partial charge on any atom is -0.346 e. The third kappa shape index (κ3) is 3.94. The number of carbonyl (C=O) groups excluding carboxylic acids is 1. The Kier molecular flexibility index (Phi) is 5.33. The molecule has 1 heterocycles. The molecule has 0 fully saturated rings. The van der Waals surface area contributed by atoms with Crippen molar-refractivity contribution < 1.29 is 22.5 Å². The second-order valence-electron chi connectivity index (χ2n) is 7.42. The van der Waals surface area contributed by atoms with Gasteiger partial charge in [0, 0.05) is 5.56 Å². The van der Waals surface area contributed by atoms with Crippen molar-refractivity contribution in [3.05, 3.63) is 65.2 Å². The monoisotopic (exact) mass is 401 g/mol. The lowest BCUT2D eigenvalue weighted by Gasteiger charge is -2.19. The molecule has 0 aliphatic rings. The first-order valence-electron chi connectivity index (χ1n) is 8.99. The summed E-state index contributed by atoms with van der Waals surface area (Å²) in [5, 5.41) is 11.9. The highest BCUT2D eigenvalue weighted by Gasteiger charge is 2.25. The largest absolute Gasteiger partial charge is 0.346 e. The van der Waals surface area contributed by atoms with E-state index in [4.69, 9.17) is 0 Å².